The van der Waals surface area contributed by atoms with E-state index in [-0.39, 0.29) is 11.3 Å². The van der Waals surface area contributed by atoms with E-state index in [0.29, 0.717) is 19.0 Å². The summed E-state index contributed by atoms with van der Waals surface area (Å²) >= 11 is 0. The Hall–Kier alpha value is -2.70. The fraction of sp³-hybridized carbons (Fsp3) is 0.474. The topological polar surface area (TPSA) is 74.2 Å². The van der Waals surface area contributed by atoms with Crippen LogP contribution < -0.4 is 10.2 Å². The summed E-state index contributed by atoms with van der Waals surface area (Å²) in [5, 5.41) is 11.5. The Morgan fingerprint density at radius 1 is 1.12 bits per heavy atom. The third-order valence-corrected chi connectivity index (χ3v) is 4.58. The van der Waals surface area contributed by atoms with Crippen molar-refractivity contribution < 1.29 is 4.79 Å². The molecule has 3 rings (SSSR count). The van der Waals surface area contributed by atoms with Crippen LogP contribution in [-0.4, -0.2) is 52.2 Å². The summed E-state index contributed by atoms with van der Waals surface area (Å²) in [6, 6.07) is 8.18. The lowest BCUT2D eigenvalue weighted by Crippen LogP contribution is -2.48. The summed E-state index contributed by atoms with van der Waals surface area (Å²) in [6.07, 6.45) is 1.67. The summed E-state index contributed by atoms with van der Waals surface area (Å²) in [5.74, 6) is 1.37. The van der Waals surface area contributed by atoms with Gasteiger partial charge in [-0.05, 0) is 17.0 Å². The lowest BCUT2D eigenvalue weighted by Gasteiger charge is -2.34. The number of hydrogen-bond donors (Lipinski definition) is 1. The van der Waals surface area contributed by atoms with Crippen LogP contribution in [0.1, 0.15) is 33.3 Å². The highest BCUT2D eigenvalue weighted by Crippen LogP contribution is 2.30. The first-order valence-corrected chi connectivity index (χ1v) is 8.91. The Morgan fingerprint density at radius 2 is 1.81 bits per heavy atom. The molecule has 1 aromatic heterocycles. The van der Waals surface area contributed by atoms with Crippen LogP contribution in [-0.2, 0) is 10.2 Å². The summed E-state index contributed by atoms with van der Waals surface area (Å²) in [6.45, 7) is 11.0. The zero-order chi connectivity index (χ0) is 18.7. The van der Waals surface area contributed by atoms with E-state index >= 15 is 0 Å². The van der Waals surface area contributed by atoms with Crippen molar-refractivity contribution in [3.05, 3.63) is 36.0 Å². The molecule has 0 atom stereocenters. The van der Waals surface area contributed by atoms with Crippen LogP contribution in [0, 0.1) is 0 Å². The first-order chi connectivity index (χ1) is 12.3. The average molecular weight is 354 g/mol. The molecule has 26 heavy (non-hydrogen) atoms. The van der Waals surface area contributed by atoms with E-state index in [9.17, 15) is 4.79 Å². The zero-order valence-corrected chi connectivity index (χ0v) is 15.9. The molecule has 1 fully saturated rings. The van der Waals surface area contributed by atoms with Crippen molar-refractivity contribution in [2.75, 3.05) is 36.4 Å². The van der Waals surface area contributed by atoms with Crippen LogP contribution in [0.25, 0.3) is 0 Å². The van der Waals surface area contributed by atoms with Gasteiger partial charge in [-0.2, -0.15) is 10.1 Å². The number of rotatable bonds is 3. The van der Waals surface area contributed by atoms with Crippen LogP contribution >= 0.6 is 0 Å². The van der Waals surface area contributed by atoms with E-state index in [2.05, 4.69) is 52.2 Å². The number of nitrogens with one attached hydrogen (secondary N) is 1. The van der Waals surface area contributed by atoms with Crippen LogP contribution in [0.2, 0.25) is 0 Å². The molecule has 138 valence electrons. The number of nitrogens with zero attached hydrogens (tertiary/aromatic N) is 5. The van der Waals surface area contributed by atoms with Gasteiger partial charge in [0.1, 0.15) is 0 Å². The maximum Gasteiger partial charge on any atom is 0.249 e. The van der Waals surface area contributed by atoms with Gasteiger partial charge < -0.3 is 15.1 Å². The minimum Gasteiger partial charge on any atom is -0.352 e. The lowest BCUT2D eigenvalue weighted by molar-refractivity contribution is -0.129. The average Bonchev–Trinajstić information content (AvgIpc) is 2.61. The summed E-state index contributed by atoms with van der Waals surface area (Å²) in [5.41, 5.74) is 2.20. The van der Waals surface area contributed by atoms with Crippen molar-refractivity contribution in [2.24, 2.45) is 0 Å². The highest BCUT2D eigenvalue weighted by Gasteiger charge is 2.21. The van der Waals surface area contributed by atoms with E-state index in [4.69, 9.17) is 0 Å². The predicted octanol–water partition coefficient (Wildman–Crippen LogP) is 2.58. The van der Waals surface area contributed by atoms with Crippen LogP contribution in [0.5, 0.6) is 0 Å². The van der Waals surface area contributed by atoms with Crippen molar-refractivity contribution in [2.45, 2.75) is 33.1 Å². The van der Waals surface area contributed by atoms with E-state index in [1.165, 1.54) is 5.56 Å². The van der Waals surface area contributed by atoms with Gasteiger partial charge >= 0.3 is 0 Å². The number of hydrogen-bond acceptors (Lipinski definition) is 6. The number of para-hydroxylation sites is 1. The Balaban J connectivity index is 1.76. The summed E-state index contributed by atoms with van der Waals surface area (Å²) in [7, 11) is 0. The molecule has 2 heterocycles. The van der Waals surface area contributed by atoms with Gasteiger partial charge in [-0.1, -0.05) is 39.0 Å². The fourth-order valence-corrected chi connectivity index (χ4v) is 3.12. The number of benzene rings is 1. The molecule has 2 aromatic rings. The van der Waals surface area contributed by atoms with Gasteiger partial charge in [0.25, 0.3) is 0 Å². The largest absolute Gasteiger partial charge is 0.352 e. The molecule has 7 nitrogen and oxygen atoms in total. The molecular weight excluding hydrogens is 328 g/mol. The molecule has 0 unspecified atom stereocenters. The molecule has 0 saturated carbocycles. The highest BCUT2D eigenvalue weighted by molar-refractivity contribution is 5.73. The number of piperazine rings is 1. The Morgan fingerprint density at radius 3 is 2.46 bits per heavy atom. The first-order valence-electron chi connectivity index (χ1n) is 8.91. The quantitative estimate of drug-likeness (QED) is 0.913. The number of carbonyl (C=O) groups is 1. The first kappa shape index (κ1) is 18.1. The predicted molar refractivity (Wildman–Crippen MR) is 103 cm³/mol. The number of anilines is 3. The van der Waals surface area contributed by atoms with E-state index in [1.54, 1.807) is 13.1 Å². The molecular formula is C19H26N6O. The normalized spacial score (nSPS) is 15.1. The molecule has 1 N–H and O–H groups in total. The van der Waals surface area contributed by atoms with E-state index < -0.39 is 0 Å². The third-order valence-electron chi connectivity index (χ3n) is 4.58. The second kappa shape index (κ2) is 7.27. The highest BCUT2D eigenvalue weighted by atomic mass is 16.2. The number of amides is 1. The molecule has 0 radical (unpaired) electrons. The Labute approximate surface area is 154 Å². The van der Waals surface area contributed by atoms with Gasteiger partial charge in [0.15, 0.2) is 5.82 Å². The molecule has 0 aliphatic carbocycles. The molecule has 1 aliphatic heterocycles. The van der Waals surface area contributed by atoms with Crippen molar-refractivity contribution in [1.82, 2.24) is 20.1 Å². The van der Waals surface area contributed by atoms with Gasteiger partial charge in [-0.15, -0.1) is 5.10 Å². The van der Waals surface area contributed by atoms with Crippen molar-refractivity contribution in [3.8, 4) is 0 Å². The standard InChI is InChI=1S/C19H26N6O/c1-14(26)24-9-11-25(12-10-24)17-13-20-23-18(22-17)21-16-8-6-5-7-15(16)19(2,3)4/h5-8,13H,9-12H2,1-4H3,(H,21,22,23). The molecule has 1 amide bonds. The maximum absolute atomic E-state index is 11.5. The van der Waals surface area contributed by atoms with Gasteiger partial charge in [0.2, 0.25) is 11.9 Å². The Bertz CT molecular complexity index is 778. The van der Waals surface area contributed by atoms with Gasteiger partial charge in [0.05, 0.1) is 6.20 Å². The van der Waals surface area contributed by atoms with Gasteiger partial charge in [0, 0.05) is 38.8 Å². The molecule has 1 aliphatic rings. The van der Waals surface area contributed by atoms with Crippen LogP contribution in [0.3, 0.4) is 0 Å². The third kappa shape index (κ3) is 4.09. The SMILES string of the molecule is CC(=O)N1CCN(c2cnnc(Nc3ccccc3C(C)(C)C)n2)CC1. The minimum atomic E-state index is 0.0116. The molecule has 1 saturated heterocycles. The van der Waals surface area contributed by atoms with Crippen molar-refractivity contribution >= 4 is 23.4 Å². The van der Waals surface area contributed by atoms with Gasteiger partial charge in [-0.25, -0.2) is 0 Å². The van der Waals surface area contributed by atoms with E-state index in [0.717, 1.165) is 24.6 Å². The summed E-state index contributed by atoms with van der Waals surface area (Å²) in [4.78, 5) is 20.1. The fourth-order valence-electron chi connectivity index (χ4n) is 3.12. The smallest absolute Gasteiger partial charge is 0.249 e. The monoisotopic (exact) mass is 354 g/mol. The molecule has 0 bridgehead atoms. The van der Waals surface area contributed by atoms with Crippen LogP contribution in [0.15, 0.2) is 30.5 Å². The lowest BCUT2D eigenvalue weighted by atomic mass is 9.86. The minimum absolute atomic E-state index is 0.0116. The number of aromatic nitrogens is 3. The second-order valence-corrected chi connectivity index (χ2v) is 7.55. The summed E-state index contributed by atoms with van der Waals surface area (Å²) < 4.78 is 0. The van der Waals surface area contributed by atoms with Gasteiger partial charge in [-0.3, -0.25) is 4.79 Å². The second-order valence-electron chi connectivity index (χ2n) is 7.55. The Kier molecular flexibility index (Phi) is 5.06. The molecule has 0 spiro atoms. The van der Waals surface area contributed by atoms with E-state index in [1.807, 2.05) is 23.1 Å². The van der Waals surface area contributed by atoms with Crippen LogP contribution in [0.4, 0.5) is 17.5 Å². The van der Waals surface area contributed by atoms with Crippen molar-refractivity contribution in [1.29, 1.82) is 0 Å². The number of carbonyl (C=O) groups excluding carboxylic acids is 1. The zero-order valence-electron chi connectivity index (χ0n) is 15.9. The molecule has 1 aromatic carbocycles. The molecule has 7 heteroatoms. The maximum atomic E-state index is 11.5. The van der Waals surface area contributed by atoms with Crippen molar-refractivity contribution in [3.63, 3.8) is 0 Å².